The summed E-state index contributed by atoms with van der Waals surface area (Å²) in [4.78, 5) is 11.8. The van der Waals surface area contributed by atoms with E-state index in [4.69, 9.17) is 4.74 Å². The Morgan fingerprint density at radius 2 is 2.12 bits per heavy atom. The lowest BCUT2D eigenvalue weighted by molar-refractivity contribution is -0.156. The third kappa shape index (κ3) is 3.21. The van der Waals surface area contributed by atoms with Crippen molar-refractivity contribution in [3.63, 3.8) is 0 Å². The molecule has 17 heavy (non-hydrogen) atoms. The fraction of sp³-hybridized carbons (Fsp3) is 0.643. The summed E-state index contributed by atoms with van der Waals surface area (Å²) in [5, 5.41) is 0. The van der Waals surface area contributed by atoms with Crippen LogP contribution in [0.15, 0.2) is 23.2 Å². The molecule has 0 bridgehead atoms. The topological polar surface area (TPSA) is 26.3 Å². The molecule has 1 aliphatic carbocycles. The summed E-state index contributed by atoms with van der Waals surface area (Å²) in [6, 6.07) is 0. The normalized spacial score (nSPS) is 27.5. The Morgan fingerprint density at radius 3 is 2.53 bits per heavy atom. The van der Waals surface area contributed by atoms with Crippen molar-refractivity contribution < 1.29 is 9.53 Å². The van der Waals surface area contributed by atoms with E-state index in [0.717, 1.165) is 17.3 Å². The van der Waals surface area contributed by atoms with E-state index in [1.54, 1.807) is 6.08 Å². The van der Waals surface area contributed by atoms with Crippen molar-refractivity contribution >= 4 is 21.9 Å². The molecule has 0 heterocycles. The van der Waals surface area contributed by atoms with Crippen molar-refractivity contribution in [2.45, 2.75) is 46.1 Å². The molecule has 2 nitrogen and oxygen atoms in total. The molecule has 0 N–H and O–H groups in total. The fourth-order valence-electron chi connectivity index (χ4n) is 1.80. The summed E-state index contributed by atoms with van der Waals surface area (Å²) < 4.78 is 6.53. The van der Waals surface area contributed by atoms with Crippen LogP contribution in [0.2, 0.25) is 0 Å². The van der Waals surface area contributed by atoms with Crippen LogP contribution in [0.3, 0.4) is 0 Å². The first-order chi connectivity index (χ1) is 7.72. The Labute approximate surface area is 112 Å². The smallest absolute Gasteiger partial charge is 0.309 e. The number of hydrogen-bond donors (Lipinski definition) is 0. The number of allylic oxidation sites excluding steroid dienone is 1. The highest BCUT2D eigenvalue weighted by atomic mass is 79.9. The van der Waals surface area contributed by atoms with E-state index in [2.05, 4.69) is 42.4 Å². The number of hydrogen-bond acceptors (Lipinski definition) is 2. The van der Waals surface area contributed by atoms with Crippen molar-refractivity contribution in [1.29, 1.82) is 0 Å². The molecule has 1 atom stereocenters. The van der Waals surface area contributed by atoms with Crippen LogP contribution >= 0.6 is 15.9 Å². The molecule has 0 saturated carbocycles. The third-order valence-corrected chi connectivity index (χ3v) is 4.05. The van der Waals surface area contributed by atoms with Crippen LogP contribution in [0.1, 0.15) is 40.5 Å². The van der Waals surface area contributed by atoms with E-state index >= 15 is 0 Å². The Hall–Kier alpha value is -0.570. The van der Waals surface area contributed by atoms with E-state index in [9.17, 15) is 4.79 Å². The maximum Gasteiger partial charge on any atom is 0.309 e. The minimum absolute atomic E-state index is 0.123. The Bertz CT molecular complexity index is 355. The highest BCUT2D eigenvalue weighted by Crippen LogP contribution is 2.44. The lowest BCUT2D eigenvalue weighted by Gasteiger charge is -2.39. The quantitative estimate of drug-likeness (QED) is 0.576. The highest BCUT2D eigenvalue weighted by molar-refractivity contribution is 9.11. The van der Waals surface area contributed by atoms with Gasteiger partial charge < -0.3 is 4.74 Å². The summed E-state index contributed by atoms with van der Waals surface area (Å²) in [6.45, 7) is 11.8. The van der Waals surface area contributed by atoms with E-state index in [0.29, 0.717) is 0 Å². The molecule has 1 unspecified atom stereocenters. The predicted octanol–water partition coefficient (Wildman–Crippen LogP) is 4.21. The van der Waals surface area contributed by atoms with Crippen LogP contribution in [0.5, 0.6) is 0 Å². The largest absolute Gasteiger partial charge is 0.449 e. The van der Waals surface area contributed by atoms with E-state index in [1.807, 2.05) is 13.8 Å². The van der Waals surface area contributed by atoms with Gasteiger partial charge in [-0.3, -0.25) is 4.79 Å². The molecule has 96 valence electrons. The summed E-state index contributed by atoms with van der Waals surface area (Å²) in [7, 11) is 0. The SMILES string of the molecule is C=CC1(OC(=O)C(C)C)CCC(C)(C)C=C1Br. The van der Waals surface area contributed by atoms with Gasteiger partial charge in [0.15, 0.2) is 5.60 Å². The molecule has 0 aliphatic heterocycles. The molecule has 0 aromatic rings. The maximum atomic E-state index is 11.8. The lowest BCUT2D eigenvalue weighted by Crippen LogP contribution is -2.39. The number of rotatable bonds is 3. The molecule has 0 spiro atoms. The lowest BCUT2D eigenvalue weighted by atomic mass is 9.76. The van der Waals surface area contributed by atoms with E-state index in [1.165, 1.54) is 0 Å². The second-order valence-electron chi connectivity index (χ2n) is 5.65. The van der Waals surface area contributed by atoms with Gasteiger partial charge in [-0.25, -0.2) is 0 Å². The minimum atomic E-state index is -0.670. The van der Waals surface area contributed by atoms with E-state index < -0.39 is 5.60 Å². The zero-order valence-electron chi connectivity index (χ0n) is 11.0. The molecule has 3 heteroatoms. The summed E-state index contributed by atoms with van der Waals surface area (Å²) in [5.41, 5.74) is -0.535. The van der Waals surface area contributed by atoms with Gasteiger partial charge in [-0.05, 0) is 24.3 Å². The second kappa shape index (κ2) is 4.97. The Kier molecular flexibility index (Phi) is 4.23. The van der Waals surface area contributed by atoms with E-state index in [-0.39, 0.29) is 17.3 Å². The maximum absolute atomic E-state index is 11.8. The second-order valence-corrected chi connectivity index (χ2v) is 6.50. The van der Waals surface area contributed by atoms with Crippen LogP contribution < -0.4 is 0 Å². The van der Waals surface area contributed by atoms with Gasteiger partial charge in [0.05, 0.1) is 5.92 Å². The minimum Gasteiger partial charge on any atom is -0.449 e. The first-order valence-corrected chi connectivity index (χ1v) is 6.77. The van der Waals surface area contributed by atoms with Crippen molar-refractivity contribution in [2.75, 3.05) is 0 Å². The molecule has 0 amide bonds. The number of carbonyl (C=O) groups is 1. The molecular formula is C14H21BrO2. The number of halogens is 1. The summed E-state index contributed by atoms with van der Waals surface area (Å²) in [6.07, 6.45) is 5.59. The van der Waals surface area contributed by atoms with Crippen molar-refractivity contribution in [3.8, 4) is 0 Å². The van der Waals surface area contributed by atoms with Gasteiger partial charge in [-0.15, -0.1) is 0 Å². The van der Waals surface area contributed by atoms with Gasteiger partial charge in [-0.1, -0.05) is 56.3 Å². The van der Waals surface area contributed by atoms with Crippen molar-refractivity contribution in [3.05, 3.63) is 23.2 Å². The Balaban J connectivity index is 2.99. The summed E-state index contributed by atoms with van der Waals surface area (Å²) >= 11 is 3.54. The van der Waals surface area contributed by atoms with Crippen LogP contribution in [0, 0.1) is 11.3 Å². The average molecular weight is 301 g/mol. The third-order valence-electron chi connectivity index (χ3n) is 3.15. The monoisotopic (exact) mass is 300 g/mol. The zero-order valence-corrected chi connectivity index (χ0v) is 12.6. The van der Waals surface area contributed by atoms with Crippen LogP contribution in [0.25, 0.3) is 0 Å². The number of carbonyl (C=O) groups excluding carboxylic acids is 1. The number of ether oxygens (including phenoxy) is 1. The molecular weight excluding hydrogens is 280 g/mol. The molecule has 0 aromatic carbocycles. The molecule has 1 aliphatic rings. The van der Waals surface area contributed by atoms with Gasteiger partial charge in [-0.2, -0.15) is 0 Å². The van der Waals surface area contributed by atoms with Gasteiger partial charge in [0, 0.05) is 4.48 Å². The fourth-order valence-corrected chi connectivity index (χ4v) is 2.86. The summed E-state index contributed by atoms with van der Waals surface area (Å²) in [5.74, 6) is -0.308. The van der Waals surface area contributed by atoms with Crippen molar-refractivity contribution in [1.82, 2.24) is 0 Å². The molecule has 0 radical (unpaired) electrons. The predicted molar refractivity (Wildman–Crippen MR) is 73.9 cm³/mol. The average Bonchev–Trinajstić information content (AvgIpc) is 2.21. The van der Waals surface area contributed by atoms with Gasteiger partial charge in [0.2, 0.25) is 0 Å². The van der Waals surface area contributed by atoms with Crippen molar-refractivity contribution in [2.24, 2.45) is 11.3 Å². The van der Waals surface area contributed by atoms with Crippen LogP contribution in [-0.4, -0.2) is 11.6 Å². The van der Waals surface area contributed by atoms with Crippen LogP contribution in [0.4, 0.5) is 0 Å². The zero-order chi connectivity index (χ0) is 13.3. The highest BCUT2D eigenvalue weighted by Gasteiger charge is 2.40. The molecule has 0 aromatic heterocycles. The standard InChI is InChI=1S/C14H21BrO2/c1-6-14(17-12(16)10(2)3)8-7-13(4,5)9-11(14)15/h6,9-10H,1,7-8H2,2-5H3. The van der Waals surface area contributed by atoms with Gasteiger partial charge in [0.25, 0.3) is 0 Å². The first-order valence-electron chi connectivity index (χ1n) is 5.98. The number of esters is 1. The molecule has 1 rings (SSSR count). The van der Waals surface area contributed by atoms with Crippen LogP contribution in [-0.2, 0) is 9.53 Å². The molecule has 0 fully saturated rings. The molecule has 0 saturated heterocycles. The Morgan fingerprint density at radius 1 is 1.53 bits per heavy atom. The first kappa shape index (κ1) is 14.5. The van der Waals surface area contributed by atoms with Gasteiger partial charge in [0.1, 0.15) is 0 Å². The van der Waals surface area contributed by atoms with Gasteiger partial charge >= 0.3 is 5.97 Å².